The molecule has 100 heavy (non-hydrogen) atoms. The molecule has 5 atom stereocenters. The second-order valence-corrected chi connectivity index (χ2v) is 29.9. The van der Waals surface area contributed by atoms with Gasteiger partial charge in [-0.15, -0.1) is 0 Å². The van der Waals surface area contributed by atoms with E-state index in [2.05, 4.69) is 88.5 Å². The topological polar surface area (TPSA) is 237 Å². The lowest BCUT2D eigenvalue weighted by Gasteiger charge is -2.21. The summed E-state index contributed by atoms with van der Waals surface area (Å²) in [7, 11) is -9.96. The standard InChI is InChI=1S/C81H146O17P2/c1-5-9-13-17-21-25-29-33-36-37-40-44-48-52-56-60-64-68-81(86)98-77(72-92-79(84)66-62-58-54-50-46-42-38-34-30-26-22-18-14-10-6-2)74-96-100(89,90)94-70-75(82)69-93-99(87,88)95-73-76(71-91-78(83)65-61-57-53-49-45-41-32-28-24-20-16-12-8-4)97-80(85)67-63-59-55-51-47-43-39-35-31-27-23-19-15-11-7-3/h21,25,27,31,33-34,36,38,40,44,52,56,75-77,82H,5-20,22-24,26,28-30,32,35,37,39,41-43,45-51,53-55,57-74H2,1-4H3,(H,87,88)(H,89,90)/b25-21-,31-27-,36-33-,38-34-,44-40-,56-52-/t75-,76+,77+/m0/s1. The van der Waals surface area contributed by atoms with Crippen LogP contribution in [0, 0.1) is 0 Å². The summed E-state index contributed by atoms with van der Waals surface area (Å²) in [6.45, 7) is 4.81. The van der Waals surface area contributed by atoms with Gasteiger partial charge in [-0.1, -0.05) is 293 Å². The Morgan fingerprint density at radius 3 is 0.830 bits per heavy atom. The molecule has 0 heterocycles. The predicted molar refractivity (Wildman–Crippen MR) is 409 cm³/mol. The molecule has 3 N–H and O–H groups in total. The van der Waals surface area contributed by atoms with Crippen LogP contribution in [-0.4, -0.2) is 96.7 Å². The van der Waals surface area contributed by atoms with Crippen LogP contribution in [0.15, 0.2) is 72.9 Å². The van der Waals surface area contributed by atoms with Crippen LogP contribution >= 0.6 is 15.6 Å². The summed E-state index contributed by atoms with van der Waals surface area (Å²) in [4.78, 5) is 72.9. The van der Waals surface area contributed by atoms with Gasteiger partial charge in [-0.2, -0.15) is 0 Å². The molecular formula is C81H146O17P2. The van der Waals surface area contributed by atoms with Crippen LogP contribution in [0.3, 0.4) is 0 Å². The van der Waals surface area contributed by atoms with E-state index < -0.39 is 97.5 Å². The van der Waals surface area contributed by atoms with Gasteiger partial charge < -0.3 is 33.8 Å². The highest BCUT2D eigenvalue weighted by molar-refractivity contribution is 7.47. The van der Waals surface area contributed by atoms with Gasteiger partial charge in [-0.05, 0) is 116 Å². The summed E-state index contributed by atoms with van der Waals surface area (Å²) in [6.07, 6.45) is 74.5. The van der Waals surface area contributed by atoms with Crippen molar-refractivity contribution in [2.75, 3.05) is 39.6 Å². The Bertz CT molecular complexity index is 2180. The van der Waals surface area contributed by atoms with Gasteiger partial charge in [0.25, 0.3) is 0 Å². The molecule has 0 saturated carbocycles. The number of ether oxygens (including phenoxy) is 4. The molecule has 0 amide bonds. The van der Waals surface area contributed by atoms with Crippen LogP contribution < -0.4 is 0 Å². The average molecular weight is 1450 g/mol. The maximum Gasteiger partial charge on any atom is 0.472 e. The summed E-state index contributed by atoms with van der Waals surface area (Å²) in [6, 6.07) is 0. The van der Waals surface area contributed by atoms with E-state index in [0.29, 0.717) is 32.1 Å². The van der Waals surface area contributed by atoms with Crippen LogP contribution in [0.1, 0.15) is 362 Å². The fraction of sp³-hybridized carbons (Fsp3) is 0.802. The number of aliphatic hydroxyl groups is 1. The summed E-state index contributed by atoms with van der Waals surface area (Å²) < 4.78 is 68.5. The first-order valence-electron chi connectivity index (χ1n) is 40.2. The summed E-state index contributed by atoms with van der Waals surface area (Å²) >= 11 is 0. The van der Waals surface area contributed by atoms with E-state index in [0.717, 1.165) is 135 Å². The molecule has 0 saturated heterocycles. The van der Waals surface area contributed by atoms with Crippen LogP contribution in [0.2, 0.25) is 0 Å². The molecule has 0 spiro atoms. The van der Waals surface area contributed by atoms with E-state index in [9.17, 15) is 43.2 Å². The monoisotopic (exact) mass is 1450 g/mol. The zero-order valence-electron chi connectivity index (χ0n) is 63.6. The molecule has 0 aliphatic heterocycles. The highest BCUT2D eigenvalue weighted by Gasteiger charge is 2.30. The van der Waals surface area contributed by atoms with Crippen molar-refractivity contribution in [2.24, 2.45) is 0 Å². The van der Waals surface area contributed by atoms with Crippen molar-refractivity contribution < 1.29 is 80.2 Å². The highest BCUT2D eigenvalue weighted by atomic mass is 31.2. The van der Waals surface area contributed by atoms with E-state index in [1.165, 1.54) is 141 Å². The Balaban J connectivity index is 5.39. The third kappa shape index (κ3) is 72.8. The smallest absolute Gasteiger partial charge is 0.462 e. The number of carbonyl (C=O) groups is 4. The third-order valence-corrected chi connectivity index (χ3v) is 19.0. The molecule has 2 unspecified atom stereocenters. The molecule has 0 rings (SSSR count). The van der Waals surface area contributed by atoms with E-state index in [1.807, 2.05) is 12.2 Å². The Labute approximate surface area is 609 Å². The predicted octanol–water partition coefficient (Wildman–Crippen LogP) is 23.2. The van der Waals surface area contributed by atoms with Gasteiger partial charge in [0.1, 0.15) is 19.3 Å². The number of unbranched alkanes of at least 4 members (excludes halogenated alkanes) is 38. The van der Waals surface area contributed by atoms with E-state index >= 15 is 0 Å². The number of hydrogen-bond acceptors (Lipinski definition) is 15. The number of carbonyl (C=O) groups excluding carboxylic acids is 4. The van der Waals surface area contributed by atoms with Gasteiger partial charge in [0.2, 0.25) is 0 Å². The summed E-state index contributed by atoms with van der Waals surface area (Å²) in [5.41, 5.74) is 0. The normalized spacial score (nSPS) is 14.3. The molecule has 582 valence electrons. The minimum Gasteiger partial charge on any atom is -0.462 e. The Hall–Kier alpha value is -3.50. The Kier molecular flexibility index (Phi) is 71.2. The fourth-order valence-electron chi connectivity index (χ4n) is 11.0. The molecule has 0 aromatic carbocycles. The molecule has 0 bridgehead atoms. The van der Waals surface area contributed by atoms with Crippen molar-refractivity contribution in [3.63, 3.8) is 0 Å². The van der Waals surface area contributed by atoms with Gasteiger partial charge in [-0.3, -0.25) is 37.3 Å². The first kappa shape index (κ1) is 96.5. The minimum absolute atomic E-state index is 0.0203. The first-order valence-corrected chi connectivity index (χ1v) is 43.2. The zero-order valence-corrected chi connectivity index (χ0v) is 65.4. The zero-order chi connectivity index (χ0) is 73.2. The lowest BCUT2D eigenvalue weighted by atomic mass is 10.0. The van der Waals surface area contributed by atoms with Crippen molar-refractivity contribution in [1.29, 1.82) is 0 Å². The van der Waals surface area contributed by atoms with Crippen molar-refractivity contribution in [2.45, 2.75) is 380 Å². The highest BCUT2D eigenvalue weighted by Crippen LogP contribution is 2.45. The van der Waals surface area contributed by atoms with E-state index in [-0.39, 0.29) is 25.7 Å². The second kappa shape index (κ2) is 73.8. The maximum atomic E-state index is 13.1. The van der Waals surface area contributed by atoms with Crippen molar-refractivity contribution in [1.82, 2.24) is 0 Å². The Morgan fingerprint density at radius 1 is 0.280 bits per heavy atom. The third-order valence-electron chi connectivity index (χ3n) is 17.1. The number of aliphatic hydroxyl groups excluding tert-OH is 1. The van der Waals surface area contributed by atoms with Gasteiger partial charge >= 0.3 is 39.5 Å². The molecule has 0 aromatic rings. The summed E-state index contributed by atoms with van der Waals surface area (Å²) in [5, 5.41) is 10.6. The van der Waals surface area contributed by atoms with Crippen LogP contribution in [0.25, 0.3) is 0 Å². The Morgan fingerprint density at radius 2 is 0.500 bits per heavy atom. The van der Waals surface area contributed by atoms with Crippen LogP contribution in [-0.2, 0) is 65.4 Å². The van der Waals surface area contributed by atoms with E-state index in [1.54, 1.807) is 0 Å². The molecule has 0 aromatic heterocycles. The van der Waals surface area contributed by atoms with Crippen LogP contribution in [0.4, 0.5) is 0 Å². The minimum atomic E-state index is -4.99. The molecule has 19 heteroatoms. The summed E-state index contributed by atoms with van der Waals surface area (Å²) in [5.74, 6) is -2.23. The average Bonchev–Trinajstić information content (AvgIpc) is 1.22. The molecule has 17 nitrogen and oxygen atoms in total. The largest absolute Gasteiger partial charge is 0.472 e. The number of rotatable bonds is 76. The molecule has 0 fully saturated rings. The lowest BCUT2D eigenvalue weighted by Crippen LogP contribution is -2.30. The van der Waals surface area contributed by atoms with Gasteiger partial charge in [-0.25, -0.2) is 9.13 Å². The number of hydrogen-bond donors (Lipinski definition) is 3. The number of esters is 4. The van der Waals surface area contributed by atoms with Crippen molar-refractivity contribution in [3.8, 4) is 0 Å². The van der Waals surface area contributed by atoms with Gasteiger partial charge in [0.15, 0.2) is 12.2 Å². The molecular weight excluding hydrogens is 1310 g/mol. The quantitative estimate of drug-likeness (QED) is 0.0169. The van der Waals surface area contributed by atoms with Crippen molar-refractivity contribution in [3.05, 3.63) is 72.9 Å². The SMILES string of the molecule is CCCCC/C=C\C/C=C\C/C=C\C/C=C\CCCC(=O)O[C@H](COC(=O)CCCCCCC/C=C\CCCCCCCC)COP(=O)(O)OC[C@@H](O)COP(=O)(O)OC[C@@H](COC(=O)CCCCCCCCCCCCCCC)OC(=O)CCCCCCCCC/C=C\CCCCCC. The first-order chi connectivity index (χ1) is 48.7. The van der Waals surface area contributed by atoms with Gasteiger partial charge in [0, 0.05) is 25.7 Å². The van der Waals surface area contributed by atoms with Gasteiger partial charge in [0.05, 0.1) is 26.4 Å². The van der Waals surface area contributed by atoms with Crippen LogP contribution in [0.5, 0.6) is 0 Å². The number of allylic oxidation sites excluding steroid dienone is 12. The molecule has 0 radical (unpaired) electrons. The molecule has 0 aliphatic rings. The maximum absolute atomic E-state index is 13.1. The second-order valence-electron chi connectivity index (χ2n) is 27.0. The lowest BCUT2D eigenvalue weighted by molar-refractivity contribution is -0.161. The number of phosphoric ester groups is 2. The van der Waals surface area contributed by atoms with E-state index in [4.69, 9.17) is 37.0 Å². The molecule has 0 aliphatic carbocycles. The fourth-order valence-corrected chi connectivity index (χ4v) is 12.5. The van der Waals surface area contributed by atoms with Crippen molar-refractivity contribution >= 4 is 39.5 Å². The number of phosphoric acid groups is 2.